The maximum atomic E-state index is 4.48. The highest BCUT2D eigenvalue weighted by molar-refractivity contribution is 7.09. The van der Waals surface area contributed by atoms with Crippen LogP contribution in [0.5, 0.6) is 0 Å². The van der Waals surface area contributed by atoms with E-state index in [-0.39, 0.29) is 0 Å². The van der Waals surface area contributed by atoms with Crippen molar-refractivity contribution in [3.8, 4) is 0 Å². The van der Waals surface area contributed by atoms with Crippen molar-refractivity contribution in [3.63, 3.8) is 0 Å². The highest BCUT2D eigenvalue weighted by Gasteiger charge is 2.20. The lowest BCUT2D eigenvalue weighted by molar-refractivity contribution is 0.371. The Bertz CT molecular complexity index is 646. The summed E-state index contributed by atoms with van der Waals surface area (Å²) in [5.74, 6) is 1.99. The first-order chi connectivity index (χ1) is 11.3. The summed E-state index contributed by atoms with van der Waals surface area (Å²) in [5.41, 5.74) is 1.07. The van der Waals surface area contributed by atoms with E-state index in [1.54, 1.807) is 11.3 Å². The molecule has 2 aromatic rings. The summed E-state index contributed by atoms with van der Waals surface area (Å²) in [6.45, 7) is 6.53. The number of guanidine groups is 1. The third-order valence-corrected chi connectivity index (χ3v) is 4.80. The fraction of sp³-hybridized carbons (Fsp3) is 0.438. The van der Waals surface area contributed by atoms with Gasteiger partial charge in [-0.2, -0.15) is 0 Å². The quantitative estimate of drug-likeness (QED) is 0.686. The molecule has 0 amide bonds. The molecule has 0 aliphatic carbocycles. The molecule has 3 rings (SSSR count). The summed E-state index contributed by atoms with van der Waals surface area (Å²) >= 11 is 1.68. The van der Waals surface area contributed by atoms with Gasteiger partial charge < -0.3 is 15.1 Å². The van der Waals surface area contributed by atoms with Crippen molar-refractivity contribution < 1.29 is 0 Å². The molecule has 0 spiro atoms. The second-order valence-electron chi connectivity index (χ2n) is 5.45. The Labute approximate surface area is 140 Å². The molecule has 0 unspecified atom stereocenters. The lowest BCUT2D eigenvalue weighted by Crippen LogP contribution is -2.52. The van der Waals surface area contributed by atoms with Gasteiger partial charge in [0.05, 0.1) is 6.54 Å². The van der Waals surface area contributed by atoms with Gasteiger partial charge in [-0.25, -0.2) is 9.97 Å². The third kappa shape index (κ3) is 3.98. The largest absolute Gasteiger partial charge is 0.353 e. The van der Waals surface area contributed by atoms with Crippen LogP contribution in [0.25, 0.3) is 0 Å². The van der Waals surface area contributed by atoms with E-state index in [1.807, 2.05) is 32.3 Å². The van der Waals surface area contributed by atoms with E-state index in [9.17, 15) is 0 Å². The van der Waals surface area contributed by atoms with Crippen molar-refractivity contribution in [2.45, 2.75) is 13.5 Å². The standard InChI is InChI=1S/C16H22N6S/c1-13-12-23-15(20-13)11-19-16(17-2)22-9-7-21(8-10-22)14-5-3-4-6-18-14/h3-6,12H,7-11H2,1-2H3,(H,17,19). The average Bonchev–Trinajstić information content (AvgIpc) is 3.02. The maximum Gasteiger partial charge on any atom is 0.194 e. The monoisotopic (exact) mass is 330 g/mol. The Hall–Kier alpha value is -2.15. The Morgan fingerprint density at radius 3 is 2.74 bits per heavy atom. The first-order valence-corrected chi connectivity index (χ1v) is 8.67. The van der Waals surface area contributed by atoms with Gasteiger partial charge >= 0.3 is 0 Å². The minimum atomic E-state index is 0.728. The minimum absolute atomic E-state index is 0.728. The number of nitrogens with zero attached hydrogens (tertiary/aromatic N) is 5. The second kappa shape index (κ2) is 7.41. The van der Waals surface area contributed by atoms with Crippen LogP contribution in [0.3, 0.4) is 0 Å². The van der Waals surface area contributed by atoms with Gasteiger partial charge in [-0.15, -0.1) is 11.3 Å². The van der Waals surface area contributed by atoms with Crippen LogP contribution >= 0.6 is 11.3 Å². The van der Waals surface area contributed by atoms with E-state index in [1.165, 1.54) is 0 Å². The summed E-state index contributed by atoms with van der Waals surface area (Å²) in [4.78, 5) is 17.9. The zero-order valence-corrected chi connectivity index (χ0v) is 14.4. The molecule has 0 atom stereocenters. The molecule has 1 aliphatic rings. The molecule has 2 aromatic heterocycles. The molecule has 6 nitrogen and oxygen atoms in total. The summed E-state index contributed by atoms with van der Waals surface area (Å²) < 4.78 is 0. The molecule has 0 radical (unpaired) electrons. The smallest absolute Gasteiger partial charge is 0.194 e. The topological polar surface area (TPSA) is 56.7 Å². The summed E-state index contributed by atoms with van der Waals surface area (Å²) in [5, 5.41) is 6.58. The first kappa shape index (κ1) is 15.7. The average molecular weight is 330 g/mol. The summed E-state index contributed by atoms with van der Waals surface area (Å²) in [6, 6.07) is 6.05. The number of hydrogen-bond donors (Lipinski definition) is 1. The predicted octanol–water partition coefficient (Wildman–Crippen LogP) is 1.74. The van der Waals surface area contributed by atoms with Crippen molar-refractivity contribution in [2.24, 2.45) is 4.99 Å². The Morgan fingerprint density at radius 2 is 2.13 bits per heavy atom. The number of aliphatic imine (C=N–C) groups is 1. The third-order valence-electron chi connectivity index (χ3n) is 3.83. The molecule has 3 heterocycles. The van der Waals surface area contributed by atoms with Crippen LogP contribution in [0, 0.1) is 6.92 Å². The molecule has 1 fully saturated rings. The number of nitrogens with one attached hydrogen (secondary N) is 1. The Morgan fingerprint density at radius 1 is 1.30 bits per heavy atom. The van der Waals surface area contributed by atoms with E-state index >= 15 is 0 Å². The summed E-state index contributed by atoms with van der Waals surface area (Å²) in [7, 11) is 1.83. The van der Waals surface area contributed by atoms with Crippen LogP contribution in [0.1, 0.15) is 10.7 Å². The number of pyridine rings is 1. The van der Waals surface area contributed by atoms with E-state index < -0.39 is 0 Å². The molecule has 1 aliphatic heterocycles. The predicted molar refractivity (Wildman–Crippen MR) is 95.1 cm³/mol. The van der Waals surface area contributed by atoms with E-state index in [4.69, 9.17) is 0 Å². The fourth-order valence-electron chi connectivity index (χ4n) is 2.66. The van der Waals surface area contributed by atoms with Gasteiger partial charge in [-0.3, -0.25) is 4.99 Å². The van der Waals surface area contributed by atoms with Crippen molar-refractivity contribution in [3.05, 3.63) is 40.5 Å². The SMILES string of the molecule is CN=C(NCc1nc(C)cs1)N1CCN(c2ccccn2)CC1. The Balaban J connectivity index is 1.53. The molecule has 0 saturated carbocycles. The molecular weight excluding hydrogens is 308 g/mol. The van der Waals surface area contributed by atoms with Crippen molar-refractivity contribution in [1.82, 2.24) is 20.2 Å². The van der Waals surface area contributed by atoms with Crippen LogP contribution < -0.4 is 10.2 Å². The van der Waals surface area contributed by atoms with Crippen LogP contribution in [0.15, 0.2) is 34.8 Å². The van der Waals surface area contributed by atoms with Gasteiger partial charge in [0.25, 0.3) is 0 Å². The van der Waals surface area contributed by atoms with E-state index in [2.05, 4.69) is 41.5 Å². The lowest BCUT2D eigenvalue weighted by Gasteiger charge is -2.37. The highest BCUT2D eigenvalue weighted by Crippen LogP contribution is 2.13. The molecule has 122 valence electrons. The van der Waals surface area contributed by atoms with Crippen molar-refractivity contribution in [2.75, 3.05) is 38.1 Å². The van der Waals surface area contributed by atoms with Gasteiger partial charge in [0, 0.05) is 50.5 Å². The summed E-state index contributed by atoms with van der Waals surface area (Å²) in [6.07, 6.45) is 1.85. The lowest BCUT2D eigenvalue weighted by atomic mass is 10.3. The zero-order valence-electron chi connectivity index (χ0n) is 13.6. The van der Waals surface area contributed by atoms with Crippen LogP contribution in [-0.2, 0) is 6.54 Å². The number of rotatable bonds is 3. The molecule has 7 heteroatoms. The minimum Gasteiger partial charge on any atom is -0.353 e. The van der Waals surface area contributed by atoms with Gasteiger partial charge in [-0.05, 0) is 19.1 Å². The normalized spacial score (nSPS) is 15.8. The molecular formula is C16H22N6S. The number of aromatic nitrogens is 2. The first-order valence-electron chi connectivity index (χ1n) is 7.79. The highest BCUT2D eigenvalue weighted by atomic mass is 32.1. The van der Waals surface area contributed by atoms with E-state index in [0.717, 1.165) is 55.2 Å². The van der Waals surface area contributed by atoms with Crippen LogP contribution in [-0.4, -0.2) is 54.1 Å². The van der Waals surface area contributed by atoms with Gasteiger partial charge in [0.2, 0.25) is 0 Å². The van der Waals surface area contributed by atoms with Crippen LogP contribution in [0.2, 0.25) is 0 Å². The zero-order chi connectivity index (χ0) is 16.1. The van der Waals surface area contributed by atoms with Gasteiger partial charge in [0.1, 0.15) is 10.8 Å². The molecule has 1 saturated heterocycles. The van der Waals surface area contributed by atoms with E-state index in [0.29, 0.717) is 0 Å². The number of thiazole rings is 1. The number of anilines is 1. The van der Waals surface area contributed by atoms with Crippen molar-refractivity contribution >= 4 is 23.1 Å². The second-order valence-corrected chi connectivity index (χ2v) is 6.39. The number of hydrogen-bond acceptors (Lipinski definition) is 5. The number of aryl methyl sites for hydroxylation is 1. The molecule has 0 aromatic carbocycles. The van der Waals surface area contributed by atoms with Gasteiger partial charge in [-0.1, -0.05) is 6.07 Å². The van der Waals surface area contributed by atoms with Gasteiger partial charge in [0.15, 0.2) is 5.96 Å². The molecule has 1 N–H and O–H groups in total. The maximum absolute atomic E-state index is 4.48. The van der Waals surface area contributed by atoms with Crippen LogP contribution in [0.4, 0.5) is 5.82 Å². The van der Waals surface area contributed by atoms with Crippen molar-refractivity contribution in [1.29, 1.82) is 0 Å². The molecule has 23 heavy (non-hydrogen) atoms. The number of piperazine rings is 1. The fourth-order valence-corrected chi connectivity index (χ4v) is 3.37. The Kier molecular flexibility index (Phi) is 5.07. The molecule has 0 bridgehead atoms.